The minimum atomic E-state index is -0.126. The molecule has 0 unspecified atom stereocenters. The van der Waals surface area contributed by atoms with Crippen LogP contribution in [0.15, 0.2) is 18.2 Å². The highest BCUT2D eigenvalue weighted by Gasteiger charge is 2.22. The van der Waals surface area contributed by atoms with Crippen LogP contribution >= 0.6 is 11.6 Å². The number of hydrogen-bond acceptors (Lipinski definition) is 3. The largest absolute Gasteiger partial charge is 0.379 e. The second kappa shape index (κ2) is 6.03. The molecule has 21 heavy (non-hydrogen) atoms. The molecular formula is C15H18ClN3O2. The molecule has 0 bridgehead atoms. The molecule has 1 N–H and O–H groups in total. The summed E-state index contributed by atoms with van der Waals surface area (Å²) < 4.78 is 5.56. The van der Waals surface area contributed by atoms with Gasteiger partial charge in [0.25, 0.3) is 5.91 Å². The fraction of sp³-hybridized carbons (Fsp3) is 0.467. The second-order valence-corrected chi connectivity index (χ2v) is 5.94. The molecule has 1 aliphatic rings. The predicted molar refractivity (Wildman–Crippen MR) is 81.6 cm³/mol. The van der Waals surface area contributed by atoms with Crippen LogP contribution in [0.5, 0.6) is 0 Å². The Hall–Kier alpha value is -1.59. The van der Waals surface area contributed by atoms with E-state index in [4.69, 9.17) is 16.3 Å². The number of ether oxygens (including phenoxy) is 1. The van der Waals surface area contributed by atoms with Gasteiger partial charge in [0.15, 0.2) is 5.69 Å². The van der Waals surface area contributed by atoms with E-state index in [0.717, 1.165) is 23.4 Å². The van der Waals surface area contributed by atoms with Gasteiger partial charge in [0.05, 0.1) is 12.1 Å². The Morgan fingerprint density at radius 1 is 1.52 bits per heavy atom. The van der Waals surface area contributed by atoms with Gasteiger partial charge in [-0.25, -0.2) is 0 Å². The zero-order valence-corrected chi connectivity index (χ0v) is 12.7. The number of fused-ring (bicyclic) bond motifs is 1. The summed E-state index contributed by atoms with van der Waals surface area (Å²) in [6, 6.07) is 5.34. The number of carbonyl (C=O) groups is 1. The Morgan fingerprint density at radius 2 is 2.33 bits per heavy atom. The van der Waals surface area contributed by atoms with E-state index >= 15 is 0 Å². The molecule has 1 aromatic carbocycles. The van der Waals surface area contributed by atoms with Gasteiger partial charge in [-0.05, 0) is 37.0 Å². The molecule has 0 atom stereocenters. The summed E-state index contributed by atoms with van der Waals surface area (Å²) in [5.74, 6) is 0.613. The van der Waals surface area contributed by atoms with E-state index in [1.54, 1.807) is 24.1 Å². The van der Waals surface area contributed by atoms with Gasteiger partial charge in [0.1, 0.15) is 0 Å². The van der Waals surface area contributed by atoms with Crippen LogP contribution in [-0.2, 0) is 4.74 Å². The summed E-state index contributed by atoms with van der Waals surface area (Å²) in [7, 11) is 1.76. The van der Waals surface area contributed by atoms with Crippen molar-refractivity contribution in [2.24, 2.45) is 5.92 Å². The van der Waals surface area contributed by atoms with Crippen LogP contribution in [0, 0.1) is 5.92 Å². The van der Waals surface area contributed by atoms with Crippen LogP contribution in [0.4, 0.5) is 0 Å². The molecule has 0 saturated heterocycles. The summed E-state index contributed by atoms with van der Waals surface area (Å²) in [6.45, 7) is 1.92. The zero-order valence-electron chi connectivity index (χ0n) is 11.9. The van der Waals surface area contributed by atoms with E-state index < -0.39 is 0 Å². The van der Waals surface area contributed by atoms with Gasteiger partial charge in [0, 0.05) is 30.6 Å². The van der Waals surface area contributed by atoms with Gasteiger partial charge in [-0.2, -0.15) is 5.10 Å². The molecule has 0 spiro atoms. The number of H-pyrrole nitrogens is 1. The van der Waals surface area contributed by atoms with Crippen LogP contribution < -0.4 is 0 Å². The quantitative estimate of drug-likeness (QED) is 0.835. The van der Waals surface area contributed by atoms with E-state index in [1.807, 2.05) is 6.07 Å². The number of amides is 1. The first-order valence-electron chi connectivity index (χ1n) is 7.12. The molecule has 1 fully saturated rings. The standard InChI is InChI=1S/C15H18ClN3O2/c1-19(6-7-21-9-10-2-3-10)15(20)14-12-8-11(16)4-5-13(12)17-18-14/h4-5,8,10H,2-3,6-7,9H2,1H3,(H,17,18). The molecule has 0 aliphatic heterocycles. The molecule has 3 rings (SSSR count). The van der Waals surface area contributed by atoms with Gasteiger partial charge in [-0.1, -0.05) is 11.6 Å². The molecule has 5 nitrogen and oxygen atoms in total. The number of carbonyl (C=O) groups excluding carboxylic acids is 1. The van der Waals surface area contributed by atoms with Crippen LogP contribution in [0.1, 0.15) is 23.3 Å². The number of likely N-dealkylation sites (N-methyl/N-ethyl adjacent to an activating group) is 1. The summed E-state index contributed by atoms with van der Waals surface area (Å²) in [4.78, 5) is 14.0. The average Bonchev–Trinajstić information content (AvgIpc) is 3.21. The van der Waals surface area contributed by atoms with Gasteiger partial charge in [-0.15, -0.1) is 0 Å². The van der Waals surface area contributed by atoms with E-state index in [-0.39, 0.29) is 5.91 Å². The third-order valence-corrected chi connectivity index (χ3v) is 3.93. The number of rotatable bonds is 6. The van der Waals surface area contributed by atoms with Crippen molar-refractivity contribution in [2.75, 3.05) is 26.8 Å². The number of aromatic nitrogens is 2. The van der Waals surface area contributed by atoms with Gasteiger partial charge in [-0.3, -0.25) is 9.89 Å². The van der Waals surface area contributed by atoms with Crippen molar-refractivity contribution in [1.29, 1.82) is 0 Å². The van der Waals surface area contributed by atoms with Crippen molar-refractivity contribution in [3.05, 3.63) is 28.9 Å². The SMILES string of the molecule is CN(CCOCC1CC1)C(=O)c1n[nH]c2ccc(Cl)cc12. The van der Waals surface area contributed by atoms with E-state index in [2.05, 4.69) is 10.2 Å². The van der Waals surface area contributed by atoms with E-state index in [9.17, 15) is 4.79 Å². The molecule has 1 amide bonds. The third-order valence-electron chi connectivity index (χ3n) is 3.70. The summed E-state index contributed by atoms with van der Waals surface area (Å²) >= 11 is 5.98. The predicted octanol–water partition coefficient (Wildman–Crippen LogP) is 2.71. The minimum absolute atomic E-state index is 0.126. The van der Waals surface area contributed by atoms with Crippen LogP contribution in [0.2, 0.25) is 5.02 Å². The Morgan fingerprint density at radius 3 is 3.10 bits per heavy atom. The average molecular weight is 308 g/mol. The number of halogens is 1. The fourth-order valence-corrected chi connectivity index (χ4v) is 2.34. The lowest BCUT2D eigenvalue weighted by atomic mass is 10.2. The molecule has 1 heterocycles. The first kappa shape index (κ1) is 14.4. The van der Waals surface area contributed by atoms with Gasteiger partial charge < -0.3 is 9.64 Å². The Labute approximate surface area is 128 Å². The normalized spacial score (nSPS) is 14.6. The number of aromatic amines is 1. The first-order valence-corrected chi connectivity index (χ1v) is 7.50. The molecule has 1 aromatic heterocycles. The van der Waals surface area contributed by atoms with Crippen molar-refractivity contribution in [3.63, 3.8) is 0 Å². The topological polar surface area (TPSA) is 58.2 Å². The van der Waals surface area contributed by atoms with Crippen molar-refractivity contribution in [1.82, 2.24) is 15.1 Å². The highest BCUT2D eigenvalue weighted by atomic mass is 35.5. The minimum Gasteiger partial charge on any atom is -0.379 e. The maximum absolute atomic E-state index is 12.4. The van der Waals surface area contributed by atoms with Crippen LogP contribution in [0.3, 0.4) is 0 Å². The highest BCUT2D eigenvalue weighted by molar-refractivity contribution is 6.31. The zero-order chi connectivity index (χ0) is 14.8. The highest BCUT2D eigenvalue weighted by Crippen LogP contribution is 2.28. The molecule has 1 aliphatic carbocycles. The van der Waals surface area contributed by atoms with Crippen molar-refractivity contribution < 1.29 is 9.53 Å². The third kappa shape index (κ3) is 3.36. The lowest BCUT2D eigenvalue weighted by Gasteiger charge is -2.16. The molecule has 1 saturated carbocycles. The molecule has 0 radical (unpaired) electrons. The fourth-order valence-electron chi connectivity index (χ4n) is 2.17. The van der Waals surface area contributed by atoms with E-state index in [1.165, 1.54) is 12.8 Å². The number of benzene rings is 1. The van der Waals surface area contributed by atoms with Crippen molar-refractivity contribution >= 4 is 28.4 Å². The maximum Gasteiger partial charge on any atom is 0.274 e. The number of nitrogens with one attached hydrogen (secondary N) is 1. The van der Waals surface area contributed by atoms with E-state index in [0.29, 0.717) is 23.9 Å². The van der Waals surface area contributed by atoms with Crippen molar-refractivity contribution in [2.45, 2.75) is 12.8 Å². The Bertz CT molecular complexity index is 651. The summed E-state index contributed by atoms with van der Waals surface area (Å²) in [6.07, 6.45) is 2.55. The van der Waals surface area contributed by atoms with Crippen molar-refractivity contribution in [3.8, 4) is 0 Å². The van der Waals surface area contributed by atoms with Gasteiger partial charge >= 0.3 is 0 Å². The summed E-state index contributed by atoms with van der Waals surface area (Å²) in [5.41, 5.74) is 1.21. The lowest BCUT2D eigenvalue weighted by Crippen LogP contribution is -2.30. The first-order chi connectivity index (χ1) is 10.1. The van der Waals surface area contributed by atoms with Crippen LogP contribution in [0.25, 0.3) is 10.9 Å². The monoisotopic (exact) mass is 307 g/mol. The molecular weight excluding hydrogens is 290 g/mol. The second-order valence-electron chi connectivity index (χ2n) is 5.51. The van der Waals surface area contributed by atoms with Crippen LogP contribution in [-0.4, -0.2) is 47.8 Å². The molecule has 2 aromatic rings. The number of nitrogens with zero attached hydrogens (tertiary/aromatic N) is 2. The molecule has 112 valence electrons. The smallest absolute Gasteiger partial charge is 0.274 e. The summed E-state index contributed by atoms with van der Waals surface area (Å²) in [5, 5.41) is 8.30. The van der Waals surface area contributed by atoms with Gasteiger partial charge in [0.2, 0.25) is 0 Å². The molecule has 6 heteroatoms. The number of hydrogen-bond donors (Lipinski definition) is 1. The Kier molecular flexibility index (Phi) is 4.12. The maximum atomic E-state index is 12.4. The Balaban J connectivity index is 1.63. The lowest BCUT2D eigenvalue weighted by molar-refractivity contribution is 0.0677.